The lowest BCUT2D eigenvalue weighted by atomic mass is 10.0. The minimum Gasteiger partial charge on any atom is -0.335 e. The van der Waals surface area contributed by atoms with E-state index < -0.39 is 15.7 Å². The molecule has 218 valence electrons. The first-order valence-corrected chi connectivity index (χ1v) is 16.2. The van der Waals surface area contributed by atoms with Crippen LogP contribution >= 0.6 is 0 Å². The zero-order valence-corrected chi connectivity index (χ0v) is 24.3. The van der Waals surface area contributed by atoms with Gasteiger partial charge in [0.05, 0.1) is 22.5 Å². The van der Waals surface area contributed by atoms with Gasteiger partial charge in [0.2, 0.25) is 0 Å². The van der Waals surface area contributed by atoms with Gasteiger partial charge in [-0.15, -0.1) is 0 Å². The van der Waals surface area contributed by atoms with Gasteiger partial charge < -0.3 is 4.98 Å². The fraction of sp³-hybridized carbons (Fsp3) is 0.258. The Morgan fingerprint density at radius 2 is 1.81 bits per heavy atom. The van der Waals surface area contributed by atoms with E-state index in [-0.39, 0.29) is 12.2 Å². The molecule has 43 heavy (non-hydrogen) atoms. The Hall–Kier alpha value is -4.55. The molecular formula is C31H29FN8O2S. The monoisotopic (exact) mass is 596 g/mol. The fourth-order valence-electron chi connectivity index (χ4n) is 5.66. The lowest BCUT2D eigenvalue weighted by molar-refractivity contribution is 0.331. The number of aromatic amines is 2. The lowest BCUT2D eigenvalue weighted by Crippen LogP contribution is -2.18. The van der Waals surface area contributed by atoms with Crippen LogP contribution in [0.2, 0.25) is 0 Å². The van der Waals surface area contributed by atoms with Crippen LogP contribution in [0.1, 0.15) is 24.0 Å². The summed E-state index contributed by atoms with van der Waals surface area (Å²) in [5.74, 6) is -0.0317. The van der Waals surface area contributed by atoms with E-state index in [4.69, 9.17) is 9.97 Å². The molecule has 1 saturated heterocycles. The van der Waals surface area contributed by atoms with E-state index in [1.54, 1.807) is 18.3 Å². The molecule has 1 aromatic carbocycles. The third kappa shape index (κ3) is 5.75. The summed E-state index contributed by atoms with van der Waals surface area (Å²) in [5.41, 5.74) is 7.75. The summed E-state index contributed by atoms with van der Waals surface area (Å²) in [7, 11) is -3.19. The van der Waals surface area contributed by atoms with E-state index in [1.807, 2.05) is 24.5 Å². The van der Waals surface area contributed by atoms with Crippen molar-refractivity contribution in [1.29, 1.82) is 0 Å². The molecule has 0 spiro atoms. The molecule has 0 amide bonds. The summed E-state index contributed by atoms with van der Waals surface area (Å²) in [5, 5.41) is 7.55. The number of pyridine rings is 3. The van der Waals surface area contributed by atoms with Crippen LogP contribution < -0.4 is 0 Å². The second kappa shape index (κ2) is 10.9. The number of H-pyrrole nitrogens is 2. The van der Waals surface area contributed by atoms with Gasteiger partial charge in [-0.2, -0.15) is 5.10 Å². The van der Waals surface area contributed by atoms with Gasteiger partial charge in [-0.25, -0.2) is 27.8 Å². The Bertz CT molecular complexity index is 2080. The molecule has 10 nitrogen and oxygen atoms in total. The number of nitrogens with zero attached hydrogens (tertiary/aromatic N) is 6. The minimum atomic E-state index is -3.19. The van der Waals surface area contributed by atoms with E-state index in [0.717, 1.165) is 42.0 Å². The van der Waals surface area contributed by atoms with Crippen LogP contribution in [0.25, 0.3) is 56.1 Å². The molecule has 1 fully saturated rings. The lowest BCUT2D eigenvalue weighted by Gasteiger charge is -2.14. The summed E-state index contributed by atoms with van der Waals surface area (Å²) in [6.45, 7) is 3.10. The van der Waals surface area contributed by atoms with Crippen LogP contribution in [0.15, 0.2) is 61.1 Å². The Labute approximate surface area is 247 Å². The van der Waals surface area contributed by atoms with Crippen LogP contribution in [0, 0.1) is 5.82 Å². The van der Waals surface area contributed by atoms with Crippen molar-refractivity contribution in [1.82, 2.24) is 40.0 Å². The number of aromatic nitrogens is 7. The number of nitrogens with one attached hydrogen (secondary N) is 2. The molecule has 7 rings (SSSR count). The van der Waals surface area contributed by atoms with Gasteiger partial charge in [0.1, 0.15) is 21.2 Å². The van der Waals surface area contributed by atoms with E-state index in [0.29, 0.717) is 44.9 Å². The number of aryl methyl sites for hydroxylation is 1. The second-order valence-corrected chi connectivity index (χ2v) is 13.4. The van der Waals surface area contributed by atoms with Crippen molar-refractivity contribution in [2.24, 2.45) is 0 Å². The first-order valence-electron chi connectivity index (χ1n) is 14.1. The highest BCUT2D eigenvalue weighted by Gasteiger charge is 2.19. The molecule has 0 atom stereocenters. The normalized spacial score (nSPS) is 14.3. The molecule has 0 unspecified atom stereocenters. The third-order valence-corrected chi connectivity index (χ3v) is 8.70. The van der Waals surface area contributed by atoms with Crippen LogP contribution in [-0.4, -0.2) is 73.5 Å². The standard InChI is InChI=1S/C31H29FN8O2S/c1-43(41,42)11-7-19-12-21(15-23(32)14-19)24-6-8-34-30-27(24)36-31(37-30)29-28-26(38-39-29)5-4-25(35-28)22-13-20(16-33-17-22)18-40-9-2-3-10-40/h4-6,8,12-17H,2-3,7,9-11,18H2,1H3,(H,38,39)(H,34,36,37). The number of hydrogen-bond donors (Lipinski definition) is 2. The quantitative estimate of drug-likeness (QED) is 0.252. The molecule has 5 aromatic heterocycles. The van der Waals surface area contributed by atoms with Gasteiger partial charge >= 0.3 is 0 Å². The number of sulfone groups is 1. The predicted octanol–water partition coefficient (Wildman–Crippen LogP) is 4.95. The molecule has 1 aliphatic heterocycles. The second-order valence-electron chi connectivity index (χ2n) is 11.1. The number of fused-ring (bicyclic) bond motifs is 2. The molecule has 2 N–H and O–H groups in total. The number of imidazole rings is 1. The molecule has 1 aliphatic rings. The number of halogens is 1. The van der Waals surface area contributed by atoms with Crippen LogP contribution in [0.4, 0.5) is 4.39 Å². The van der Waals surface area contributed by atoms with Crippen LogP contribution in [-0.2, 0) is 22.8 Å². The van der Waals surface area contributed by atoms with E-state index in [2.05, 4.69) is 36.1 Å². The Balaban J connectivity index is 1.24. The summed E-state index contributed by atoms with van der Waals surface area (Å²) < 4.78 is 38.0. The average Bonchev–Trinajstić information content (AvgIpc) is 3.75. The molecule has 0 saturated carbocycles. The first-order chi connectivity index (χ1) is 20.8. The first kappa shape index (κ1) is 27.3. The van der Waals surface area contributed by atoms with Crippen molar-refractivity contribution in [3.63, 3.8) is 0 Å². The van der Waals surface area contributed by atoms with Crippen molar-refractivity contribution < 1.29 is 12.8 Å². The topological polar surface area (TPSA) is 133 Å². The van der Waals surface area contributed by atoms with Gasteiger partial charge in [0, 0.05) is 42.5 Å². The largest absolute Gasteiger partial charge is 0.335 e. The van der Waals surface area contributed by atoms with Crippen molar-refractivity contribution >= 4 is 32.0 Å². The van der Waals surface area contributed by atoms with E-state index in [9.17, 15) is 12.8 Å². The van der Waals surface area contributed by atoms with Crippen molar-refractivity contribution in [3.8, 4) is 33.9 Å². The molecule has 6 heterocycles. The van der Waals surface area contributed by atoms with Crippen LogP contribution in [0.3, 0.4) is 0 Å². The third-order valence-electron chi connectivity index (χ3n) is 7.75. The number of rotatable bonds is 8. The summed E-state index contributed by atoms with van der Waals surface area (Å²) >= 11 is 0. The molecule has 0 aliphatic carbocycles. The summed E-state index contributed by atoms with van der Waals surface area (Å²) in [6, 6.07) is 12.4. The SMILES string of the molecule is CS(=O)(=O)CCc1cc(F)cc(-c2ccnc3nc(-c4n[nH]c5ccc(-c6cncc(CN7CCCC7)c6)nc45)[nH]c23)c1. The summed E-state index contributed by atoms with van der Waals surface area (Å²) in [6.07, 6.45) is 9.22. The van der Waals surface area contributed by atoms with Crippen molar-refractivity contribution in [2.45, 2.75) is 25.8 Å². The zero-order valence-electron chi connectivity index (χ0n) is 23.5. The maximum Gasteiger partial charge on any atom is 0.178 e. The number of likely N-dealkylation sites (tertiary alicyclic amines) is 1. The maximum atomic E-state index is 14.6. The van der Waals surface area contributed by atoms with Gasteiger partial charge in [-0.3, -0.25) is 15.0 Å². The zero-order chi connectivity index (χ0) is 29.6. The van der Waals surface area contributed by atoms with Crippen molar-refractivity contribution in [3.05, 3.63) is 78.0 Å². The molecule has 0 radical (unpaired) electrons. The Morgan fingerprint density at radius 1 is 0.977 bits per heavy atom. The summed E-state index contributed by atoms with van der Waals surface area (Å²) in [4.78, 5) is 24.3. The highest BCUT2D eigenvalue weighted by molar-refractivity contribution is 7.90. The van der Waals surface area contributed by atoms with Crippen molar-refractivity contribution in [2.75, 3.05) is 25.1 Å². The van der Waals surface area contributed by atoms with Gasteiger partial charge in [0.15, 0.2) is 17.2 Å². The highest BCUT2D eigenvalue weighted by Crippen LogP contribution is 2.32. The highest BCUT2D eigenvalue weighted by atomic mass is 32.2. The number of benzene rings is 1. The molecular weight excluding hydrogens is 567 g/mol. The van der Waals surface area contributed by atoms with E-state index in [1.165, 1.54) is 31.2 Å². The average molecular weight is 597 g/mol. The predicted molar refractivity (Wildman–Crippen MR) is 163 cm³/mol. The minimum absolute atomic E-state index is 0.0596. The molecule has 6 aromatic rings. The fourth-order valence-corrected chi connectivity index (χ4v) is 6.26. The van der Waals surface area contributed by atoms with Gasteiger partial charge in [0.25, 0.3) is 0 Å². The van der Waals surface area contributed by atoms with Crippen LogP contribution in [0.5, 0.6) is 0 Å². The van der Waals surface area contributed by atoms with Gasteiger partial charge in [-0.1, -0.05) is 6.07 Å². The number of hydrogen-bond acceptors (Lipinski definition) is 8. The molecule has 12 heteroatoms. The Morgan fingerprint density at radius 3 is 2.65 bits per heavy atom. The maximum absolute atomic E-state index is 14.6. The molecule has 0 bridgehead atoms. The van der Waals surface area contributed by atoms with Gasteiger partial charge in [-0.05, 0) is 85.4 Å². The Kier molecular flexibility index (Phi) is 6.94. The van der Waals surface area contributed by atoms with E-state index >= 15 is 0 Å². The smallest absolute Gasteiger partial charge is 0.178 e.